The third-order valence-corrected chi connectivity index (χ3v) is 9.00. The molecule has 0 aromatic heterocycles. The lowest BCUT2D eigenvalue weighted by atomic mass is 9.60. The van der Waals surface area contributed by atoms with Gasteiger partial charge < -0.3 is 0 Å². The molecule has 32 heavy (non-hydrogen) atoms. The van der Waals surface area contributed by atoms with Gasteiger partial charge in [0.2, 0.25) is 0 Å². The molecule has 0 saturated carbocycles. The van der Waals surface area contributed by atoms with E-state index in [-0.39, 0.29) is 23.0 Å². The van der Waals surface area contributed by atoms with Crippen molar-refractivity contribution in [2.75, 3.05) is 13.2 Å². The Morgan fingerprint density at radius 2 is 0.969 bits per heavy atom. The minimum Gasteiger partial charge on any atom is -0.266 e. The van der Waals surface area contributed by atoms with Crippen LogP contribution in [0.2, 0.25) is 0 Å². The quantitative estimate of drug-likeness (QED) is 0.401. The van der Waals surface area contributed by atoms with E-state index in [1.54, 1.807) is 24.3 Å². The van der Waals surface area contributed by atoms with E-state index in [0.29, 0.717) is 12.8 Å². The largest absolute Gasteiger partial charge is 0.296 e. The van der Waals surface area contributed by atoms with Crippen molar-refractivity contribution >= 4 is 20.2 Å². The average Bonchev–Trinajstić information content (AvgIpc) is 2.74. The van der Waals surface area contributed by atoms with Crippen molar-refractivity contribution in [1.82, 2.24) is 0 Å². The molecule has 0 radical (unpaired) electrons. The van der Waals surface area contributed by atoms with Gasteiger partial charge in [0.05, 0.1) is 23.0 Å². The second-order valence-corrected chi connectivity index (χ2v) is 12.3. The number of benzene rings is 2. The summed E-state index contributed by atoms with van der Waals surface area (Å²) in [5, 5.41) is 0. The highest BCUT2D eigenvalue weighted by atomic mass is 32.2. The van der Waals surface area contributed by atoms with Gasteiger partial charge in [-0.25, -0.2) is 0 Å². The zero-order valence-electron chi connectivity index (χ0n) is 18.9. The molecule has 0 fully saturated rings. The first-order valence-electron chi connectivity index (χ1n) is 10.4. The summed E-state index contributed by atoms with van der Waals surface area (Å²) < 4.78 is 61.7. The zero-order chi connectivity index (χ0) is 23.6. The summed E-state index contributed by atoms with van der Waals surface area (Å²) >= 11 is 0. The second kappa shape index (κ2) is 9.09. The maximum atomic E-state index is 12.7. The number of hydrogen-bond donors (Lipinski definition) is 0. The molecule has 0 heterocycles. The maximum Gasteiger partial charge on any atom is 0.296 e. The fourth-order valence-corrected chi connectivity index (χ4v) is 5.65. The van der Waals surface area contributed by atoms with Gasteiger partial charge in [-0.05, 0) is 51.0 Å². The highest BCUT2D eigenvalue weighted by Gasteiger charge is 2.47. The van der Waals surface area contributed by atoms with Gasteiger partial charge >= 0.3 is 0 Å². The van der Waals surface area contributed by atoms with Crippen LogP contribution in [0, 0.1) is 24.7 Å². The van der Waals surface area contributed by atoms with Crippen molar-refractivity contribution < 1.29 is 25.2 Å². The Labute approximate surface area is 191 Å². The lowest BCUT2D eigenvalue weighted by Crippen LogP contribution is -2.46. The molecule has 1 aliphatic carbocycles. The molecular formula is C24H30O6S2. The van der Waals surface area contributed by atoms with E-state index in [0.717, 1.165) is 11.1 Å². The lowest BCUT2D eigenvalue weighted by Gasteiger charge is -2.47. The van der Waals surface area contributed by atoms with Crippen LogP contribution in [0.1, 0.15) is 37.8 Å². The molecular weight excluding hydrogens is 448 g/mol. The van der Waals surface area contributed by atoms with Gasteiger partial charge in [-0.3, -0.25) is 8.37 Å². The summed E-state index contributed by atoms with van der Waals surface area (Å²) in [6.45, 7) is 7.40. The number of hydrogen-bond acceptors (Lipinski definition) is 6. The van der Waals surface area contributed by atoms with Gasteiger partial charge in [0, 0.05) is 10.8 Å². The zero-order valence-corrected chi connectivity index (χ0v) is 20.5. The molecule has 2 aromatic carbocycles. The predicted molar refractivity (Wildman–Crippen MR) is 123 cm³/mol. The van der Waals surface area contributed by atoms with Crippen LogP contribution in [0.4, 0.5) is 0 Å². The monoisotopic (exact) mass is 478 g/mol. The summed E-state index contributed by atoms with van der Waals surface area (Å²) in [5.41, 5.74) is 0.602. The molecule has 2 aromatic rings. The van der Waals surface area contributed by atoms with Gasteiger partial charge in [-0.2, -0.15) is 16.8 Å². The fraction of sp³-hybridized carbons (Fsp3) is 0.417. The normalized spacial score (nSPS) is 23.9. The minimum absolute atomic E-state index is 0.0853. The molecule has 8 heteroatoms. The van der Waals surface area contributed by atoms with Gasteiger partial charge in [0.25, 0.3) is 20.2 Å². The Morgan fingerprint density at radius 1 is 0.656 bits per heavy atom. The second-order valence-electron chi connectivity index (χ2n) is 9.06. The summed E-state index contributed by atoms with van der Waals surface area (Å²) in [6, 6.07) is 12.9. The summed E-state index contributed by atoms with van der Waals surface area (Å²) in [7, 11) is -7.88. The molecule has 1 aliphatic rings. The van der Waals surface area contributed by atoms with Gasteiger partial charge in [-0.1, -0.05) is 61.4 Å². The van der Waals surface area contributed by atoms with Crippen molar-refractivity contribution in [1.29, 1.82) is 0 Å². The van der Waals surface area contributed by atoms with Crippen LogP contribution in [-0.4, -0.2) is 30.0 Å². The molecule has 3 rings (SSSR count). The smallest absolute Gasteiger partial charge is 0.266 e. The summed E-state index contributed by atoms with van der Waals surface area (Å²) in [6.07, 6.45) is 5.03. The third kappa shape index (κ3) is 5.31. The molecule has 2 atom stereocenters. The standard InChI is InChI=1S/C24H30O6S2/c1-19-7-11-21(12-8-19)31(25,26)29-17-23(3)15-5-6-16-24(23,4)18-30-32(27,28)22-13-9-20(2)10-14-22/h5-14H,15-18H2,1-4H3/t23-,24+. The van der Waals surface area contributed by atoms with E-state index in [1.165, 1.54) is 24.3 Å². The van der Waals surface area contributed by atoms with E-state index in [9.17, 15) is 16.8 Å². The number of aryl methyl sites for hydroxylation is 2. The minimum atomic E-state index is -3.94. The molecule has 0 unspecified atom stereocenters. The highest BCUT2D eigenvalue weighted by Crippen LogP contribution is 2.49. The predicted octanol–water partition coefficient (Wildman–Crippen LogP) is 4.78. The van der Waals surface area contributed by atoms with Crippen LogP contribution >= 0.6 is 0 Å². The van der Waals surface area contributed by atoms with Crippen molar-refractivity contribution in [3.63, 3.8) is 0 Å². The highest BCUT2D eigenvalue weighted by molar-refractivity contribution is 7.87. The summed E-state index contributed by atoms with van der Waals surface area (Å²) in [5.74, 6) is 0. The van der Waals surface area contributed by atoms with Crippen LogP contribution in [0.15, 0.2) is 70.5 Å². The fourth-order valence-electron chi connectivity index (χ4n) is 3.61. The van der Waals surface area contributed by atoms with E-state index in [1.807, 2.05) is 39.8 Å². The van der Waals surface area contributed by atoms with Crippen LogP contribution in [0.25, 0.3) is 0 Å². The van der Waals surface area contributed by atoms with Crippen LogP contribution in [0.3, 0.4) is 0 Å². The topological polar surface area (TPSA) is 86.7 Å². The Balaban J connectivity index is 1.76. The Kier molecular flexibility index (Phi) is 7.00. The Hall–Kier alpha value is -2.00. The lowest BCUT2D eigenvalue weighted by molar-refractivity contribution is -0.0158. The van der Waals surface area contributed by atoms with Crippen LogP contribution in [-0.2, 0) is 28.6 Å². The van der Waals surface area contributed by atoms with E-state index in [4.69, 9.17) is 8.37 Å². The van der Waals surface area contributed by atoms with Crippen LogP contribution < -0.4 is 0 Å². The van der Waals surface area contributed by atoms with Gasteiger partial charge in [0.15, 0.2) is 0 Å². The molecule has 0 spiro atoms. The third-order valence-electron chi connectivity index (χ3n) is 6.45. The van der Waals surface area contributed by atoms with Crippen molar-refractivity contribution in [3.8, 4) is 0 Å². The maximum absolute atomic E-state index is 12.7. The van der Waals surface area contributed by atoms with Crippen molar-refractivity contribution in [3.05, 3.63) is 71.8 Å². The first kappa shape index (κ1) is 24.6. The number of rotatable bonds is 8. The molecule has 174 valence electrons. The Morgan fingerprint density at radius 3 is 1.28 bits per heavy atom. The molecule has 0 aliphatic heterocycles. The van der Waals surface area contributed by atoms with Crippen LogP contribution in [0.5, 0.6) is 0 Å². The van der Waals surface area contributed by atoms with E-state index in [2.05, 4.69) is 0 Å². The first-order chi connectivity index (χ1) is 14.9. The molecule has 0 saturated heterocycles. The van der Waals surface area contributed by atoms with Gasteiger partial charge in [-0.15, -0.1) is 0 Å². The SMILES string of the molecule is Cc1ccc(S(=O)(=O)OC[C@]2(C)CC=CC[C@]2(C)COS(=O)(=O)c2ccc(C)cc2)cc1. The average molecular weight is 479 g/mol. The summed E-state index contributed by atoms with van der Waals surface area (Å²) in [4.78, 5) is 0.191. The first-order valence-corrected chi connectivity index (χ1v) is 13.3. The van der Waals surface area contributed by atoms with Crippen molar-refractivity contribution in [2.24, 2.45) is 10.8 Å². The molecule has 0 amide bonds. The number of allylic oxidation sites excluding steroid dienone is 2. The van der Waals surface area contributed by atoms with Gasteiger partial charge in [0.1, 0.15) is 0 Å². The Bertz CT molecular complexity index is 1090. The van der Waals surface area contributed by atoms with E-state index >= 15 is 0 Å². The molecule has 0 bridgehead atoms. The molecule has 6 nitrogen and oxygen atoms in total. The van der Waals surface area contributed by atoms with Crippen molar-refractivity contribution in [2.45, 2.75) is 50.3 Å². The molecule has 0 N–H and O–H groups in total. The van der Waals surface area contributed by atoms with E-state index < -0.39 is 31.1 Å².